The molecule has 144 valence electrons. The molecule has 0 fully saturated rings. The summed E-state index contributed by atoms with van der Waals surface area (Å²) in [4.78, 5) is 26.0. The van der Waals surface area contributed by atoms with Gasteiger partial charge in [0, 0.05) is 36.1 Å². The normalized spacial score (nSPS) is 11.1. The zero-order valence-electron chi connectivity index (χ0n) is 14.8. The number of sulfone groups is 1. The van der Waals surface area contributed by atoms with E-state index in [0.29, 0.717) is 10.7 Å². The number of rotatable bonds is 6. The van der Waals surface area contributed by atoms with Crippen molar-refractivity contribution < 1.29 is 18.0 Å². The molecular weight excluding hydrogens is 408 g/mol. The number of carbonyl (C=O) groups excluding carboxylic acids is 2. The smallest absolute Gasteiger partial charge is 0.285 e. The first-order valence-corrected chi connectivity index (χ1v) is 10.8. The summed E-state index contributed by atoms with van der Waals surface area (Å²) in [6.45, 7) is 0. The Morgan fingerprint density at radius 1 is 1.04 bits per heavy atom. The number of halogens is 1. The summed E-state index contributed by atoms with van der Waals surface area (Å²) in [6.07, 6.45) is -0.166. The Balaban J connectivity index is 1.90. The van der Waals surface area contributed by atoms with Gasteiger partial charge in [0.15, 0.2) is 9.84 Å². The number of hydrogen-bond acceptors (Lipinski definition) is 5. The summed E-state index contributed by atoms with van der Waals surface area (Å²) in [6, 6.07) is 12.6. The van der Waals surface area contributed by atoms with Crippen molar-refractivity contribution in [3.63, 3.8) is 0 Å². The first-order chi connectivity index (χ1) is 12.7. The largest absolute Gasteiger partial charge is 0.339 e. The summed E-state index contributed by atoms with van der Waals surface area (Å²) in [5.41, 5.74) is 0.533. The Morgan fingerprint density at radius 3 is 2.19 bits per heavy atom. The average molecular weight is 427 g/mol. The monoisotopic (exact) mass is 426 g/mol. The zero-order valence-corrected chi connectivity index (χ0v) is 17.2. The quantitative estimate of drug-likeness (QED) is 0.708. The Bertz CT molecular complexity index is 911. The lowest BCUT2D eigenvalue weighted by atomic mass is 10.3. The van der Waals surface area contributed by atoms with Gasteiger partial charge in [-0.2, -0.15) is 0 Å². The summed E-state index contributed by atoms with van der Waals surface area (Å²) < 4.78 is 24.5. The minimum absolute atomic E-state index is 0.0980. The van der Waals surface area contributed by atoms with E-state index in [1.165, 1.54) is 29.2 Å². The molecular formula is C18H19ClN2O4S2. The lowest BCUT2D eigenvalue weighted by Gasteiger charge is -2.10. The third-order valence-electron chi connectivity index (χ3n) is 3.48. The minimum atomic E-state index is -3.56. The molecule has 0 aliphatic carbocycles. The molecule has 1 N–H and O–H groups in total. The second kappa shape index (κ2) is 9.25. The SMILES string of the molecule is CN(C)C(=O)Sc1ccc(NC(=O)CCS(=O)(=O)c2ccc(Cl)cc2)cc1. The van der Waals surface area contributed by atoms with Crippen molar-refractivity contribution in [2.45, 2.75) is 16.2 Å². The molecule has 27 heavy (non-hydrogen) atoms. The van der Waals surface area contributed by atoms with E-state index in [1.807, 2.05) is 0 Å². The second-order valence-corrected chi connectivity index (χ2v) is 9.43. The number of carbonyl (C=O) groups is 2. The average Bonchev–Trinajstić information content (AvgIpc) is 2.62. The van der Waals surface area contributed by atoms with Gasteiger partial charge >= 0.3 is 0 Å². The molecule has 0 saturated carbocycles. The van der Waals surface area contributed by atoms with Gasteiger partial charge in [-0.3, -0.25) is 9.59 Å². The predicted octanol–water partition coefficient (Wildman–Crippen LogP) is 3.92. The summed E-state index contributed by atoms with van der Waals surface area (Å²) >= 11 is 6.83. The van der Waals surface area contributed by atoms with Crippen molar-refractivity contribution in [2.75, 3.05) is 25.2 Å². The minimum Gasteiger partial charge on any atom is -0.339 e. The molecule has 0 saturated heterocycles. The van der Waals surface area contributed by atoms with E-state index in [0.717, 1.165) is 16.7 Å². The van der Waals surface area contributed by atoms with E-state index in [4.69, 9.17) is 11.6 Å². The lowest BCUT2D eigenvalue weighted by molar-refractivity contribution is -0.115. The van der Waals surface area contributed by atoms with Crippen LogP contribution in [0.4, 0.5) is 10.5 Å². The van der Waals surface area contributed by atoms with Crippen LogP contribution < -0.4 is 5.32 Å². The fourth-order valence-corrected chi connectivity index (χ4v) is 4.03. The van der Waals surface area contributed by atoms with Crippen LogP contribution in [-0.4, -0.2) is 44.3 Å². The topological polar surface area (TPSA) is 83.6 Å². The van der Waals surface area contributed by atoms with E-state index < -0.39 is 15.7 Å². The van der Waals surface area contributed by atoms with Gasteiger partial charge in [-0.15, -0.1) is 0 Å². The highest BCUT2D eigenvalue weighted by Crippen LogP contribution is 2.22. The van der Waals surface area contributed by atoms with Crippen molar-refractivity contribution in [1.82, 2.24) is 4.90 Å². The van der Waals surface area contributed by atoms with Gasteiger partial charge in [0.2, 0.25) is 5.91 Å². The van der Waals surface area contributed by atoms with E-state index in [9.17, 15) is 18.0 Å². The molecule has 0 aliphatic heterocycles. The predicted molar refractivity (Wildman–Crippen MR) is 108 cm³/mol. The maximum atomic E-state index is 12.2. The van der Waals surface area contributed by atoms with E-state index in [2.05, 4.69) is 5.32 Å². The van der Waals surface area contributed by atoms with Gasteiger partial charge in [-0.25, -0.2) is 8.42 Å². The molecule has 2 amide bonds. The van der Waals surface area contributed by atoms with E-state index in [1.54, 1.807) is 38.4 Å². The molecule has 0 spiro atoms. The fraction of sp³-hybridized carbons (Fsp3) is 0.222. The van der Waals surface area contributed by atoms with Gasteiger partial charge < -0.3 is 10.2 Å². The standard InChI is InChI=1S/C18H19ClN2O4S2/c1-21(2)18(23)26-15-7-5-14(6-8-15)20-17(22)11-12-27(24,25)16-9-3-13(19)4-10-16/h3-10H,11-12H2,1-2H3,(H,20,22). The molecule has 9 heteroatoms. The van der Waals surface area contributed by atoms with Crippen molar-refractivity contribution >= 4 is 50.0 Å². The molecule has 0 aliphatic rings. The van der Waals surface area contributed by atoms with E-state index >= 15 is 0 Å². The number of hydrogen-bond donors (Lipinski definition) is 1. The number of nitrogens with one attached hydrogen (secondary N) is 1. The van der Waals surface area contributed by atoms with Crippen molar-refractivity contribution in [2.24, 2.45) is 0 Å². The summed E-state index contributed by atoms with van der Waals surface area (Å²) in [5, 5.41) is 3.00. The van der Waals surface area contributed by atoms with Gasteiger partial charge in [-0.05, 0) is 60.3 Å². The van der Waals surface area contributed by atoms with Crippen LogP contribution in [0, 0.1) is 0 Å². The van der Waals surface area contributed by atoms with E-state index in [-0.39, 0.29) is 22.3 Å². The van der Waals surface area contributed by atoms with Gasteiger partial charge in [0.25, 0.3) is 5.24 Å². The molecule has 0 heterocycles. The Kier molecular flexibility index (Phi) is 7.29. The molecule has 2 aromatic rings. The van der Waals surface area contributed by atoms with Crippen LogP contribution in [0.2, 0.25) is 5.02 Å². The highest BCUT2D eigenvalue weighted by molar-refractivity contribution is 8.13. The van der Waals surface area contributed by atoms with Crippen LogP contribution in [0.1, 0.15) is 6.42 Å². The van der Waals surface area contributed by atoms with Crippen LogP contribution in [0.3, 0.4) is 0 Å². The maximum absolute atomic E-state index is 12.2. The number of benzene rings is 2. The molecule has 2 rings (SSSR count). The zero-order chi connectivity index (χ0) is 20.0. The first-order valence-electron chi connectivity index (χ1n) is 7.95. The number of nitrogens with zero attached hydrogens (tertiary/aromatic N) is 1. The third-order valence-corrected chi connectivity index (χ3v) is 6.51. The lowest BCUT2D eigenvalue weighted by Crippen LogP contribution is -2.17. The van der Waals surface area contributed by atoms with Gasteiger partial charge in [0.1, 0.15) is 0 Å². The van der Waals surface area contributed by atoms with Crippen LogP contribution >= 0.6 is 23.4 Å². The van der Waals surface area contributed by atoms with Crippen LogP contribution in [0.15, 0.2) is 58.3 Å². The Hall–Kier alpha value is -2.03. The number of thioether (sulfide) groups is 1. The Morgan fingerprint density at radius 2 is 1.63 bits per heavy atom. The Labute approximate surface area is 167 Å². The van der Waals surface area contributed by atoms with Crippen molar-refractivity contribution in [3.05, 3.63) is 53.6 Å². The first kappa shape index (κ1) is 21.3. The highest BCUT2D eigenvalue weighted by Gasteiger charge is 2.16. The molecule has 0 aromatic heterocycles. The molecule has 0 bridgehead atoms. The van der Waals surface area contributed by atoms with Crippen LogP contribution in [-0.2, 0) is 14.6 Å². The summed E-state index contributed by atoms with van der Waals surface area (Å²) in [7, 11) is -0.220. The van der Waals surface area contributed by atoms with Crippen molar-refractivity contribution in [3.8, 4) is 0 Å². The van der Waals surface area contributed by atoms with Gasteiger partial charge in [-0.1, -0.05) is 11.6 Å². The summed E-state index contributed by atoms with van der Waals surface area (Å²) in [5.74, 6) is -0.705. The second-order valence-electron chi connectivity index (χ2n) is 5.86. The van der Waals surface area contributed by atoms with Crippen molar-refractivity contribution in [1.29, 1.82) is 0 Å². The number of anilines is 1. The molecule has 0 unspecified atom stereocenters. The third kappa shape index (κ3) is 6.57. The molecule has 0 radical (unpaired) electrons. The van der Waals surface area contributed by atoms with Gasteiger partial charge in [0.05, 0.1) is 10.6 Å². The van der Waals surface area contributed by atoms with Crippen LogP contribution in [0.5, 0.6) is 0 Å². The fourth-order valence-electron chi connectivity index (χ4n) is 2.01. The molecule has 0 atom stereocenters. The number of amides is 2. The molecule has 6 nitrogen and oxygen atoms in total. The van der Waals surface area contributed by atoms with Crippen LogP contribution in [0.25, 0.3) is 0 Å². The molecule has 2 aromatic carbocycles. The maximum Gasteiger partial charge on any atom is 0.285 e. The highest BCUT2D eigenvalue weighted by atomic mass is 35.5.